The van der Waals surface area contributed by atoms with Crippen LogP contribution >= 0.6 is 0 Å². The average molecular weight is 208 g/mol. The van der Waals surface area contributed by atoms with Gasteiger partial charge in [0.2, 0.25) is 0 Å². The van der Waals surface area contributed by atoms with Gasteiger partial charge in [-0.1, -0.05) is 0 Å². The Hall–Kier alpha value is -1.91. The van der Waals surface area contributed by atoms with Crippen LogP contribution in [0.15, 0.2) is 18.3 Å². The number of carbonyl (C=O) groups excluding carboxylic acids is 1. The summed E-state index contributed by atoms with van der Waals surface area (Å²) in [5, 5.41) is 0. The SMILES string of the molecule is COC(=O)c1c(C)nc2c(F)cccn12. The van der Waals surface area contributed by atoms with Crippen molar-refractivity contribution in [3.05, 3.63) is 35.5 Å². The molecule has 0 spiro atoms. The number of hydrogen-bond donors (Lipinski definition) is 0. The van der Waals surface area contributed by atoms with E-state index in [1.165, 1.54) is 23.6 Å². The van der Waals surface area contributed by atoms with Gasteiger partial charge in [0, 0.05) is 6.20 Å². The third-order valence-corrected chi connectivity index (χ3v) is 2.16. The fourth-order valence-corrected chi connectivity index (χ4v) is 1.49. The van der Waals surface area contributed by atoms with Crippen LogP contribution in [0.2, 0.25) is 0 Å². The first-order valence-corrected chi connectivity index (χ1v) is 4.36. The lowest BCUT2D eigenvalue weighted by Gasteiger charge is -2.00. The van der Waals surface area contributed by atoms with Gasteiger partial charge in [0.25, 0.3) is 0 Å². The lowest BCUT2D eigenvalue weighted by molar-refractivity contribution is 0.0592. The van der Waals surface area contributed by atoms with Crippen LogP contribution in [0, 0.1) is 12.7 Å². The molecule has 2 heterocycles. The second kappa shape index (κ2) is 3.34. The number of carbonyl (C=O) groups is 1. The number of rotatable bonds is 1. The minimum atomic E-state index is -0.523. The molecule has 0 saturated heterocycles. The van der Waals surface area contributed by atoms with Crippen molar-refractivity contribution < 1.29 is 13.9 Å². The van der Waals surface area contributed by atoms with Crippen molar-refractivity contribution in [2.24, 2.45) is 0 Å². The van der Waals surface area contributed by atoms with Crippen molar-refractivity contribution in [3.63, 3.8) is 0 Å². The summed E-state index contributed by atoms with van der Waals surface area (Å²) >= 11 is 0. The molecule has 2 aromatic heterocycles. The van der Waals surface area contributed by atoms with Crippen LogP contribution in [0.3, 0.4) is 0 Å². The number of esters is 1. The highest BCUT2D eigenvalue weighted by molar-refractivity contribution is 5.89. The van der Waals surface area contributed by atoms with Crippen molar-refractivity contribution in [2.75, 3.05) is 7.11 Å². The Morgan fingerprint density at radius 2 is 2.33 bits per heavy atom. The molecule has 0 saturated carbocycles. The van der Waals surface area contributed by atoms with Crippen LogP contribution in [0.25, 0.3) is 5.65 Å². The molecule has 0 aromatic carbocycles. The zero-order valence-corrected chi connectivity index (χ0v) is 8.32. The highest BCUT2D eigenvalue weighted by Gasteiger charge is 2.18. The van der Waals surface area contributed by atoms with Gasteiger partial charge in [-0.2, -0.15) is 0 Å². The molecule has 0 N–H and O–H groups in total. The van der Waals surface area contributed by atoms with Crippen molar-refractivity contribution >= 4 is 11.6 Å². The molecule has 0 fully saturated rings. The van der Waals surface area contributed by atoms with Gasteiger partial charge in [-0.15, -0.1) is 0 Å². The van der Waals surface area contributed by atoms with Crippen LogP contribution < -0.4 is 0 Å². The molecule has 5 heteroatoms. The van der Waals surface area contributed by atoms with Gasteiger partial charge in [0.05, 0.1) is 12.8 Å². The van der Waals surface area contributed by atoms with Crippen molar-refractivity contribution in [3.8, 4) is 0 Å². The molecule has 0 bridgehead atoms. The number of aryl methyl sites for hydroxylation is 1. The van der Waals surface area contributed by atoms with Crippen LogP contribution in [0.4, 0.5) is 4.39 Å². The van der Waals surface area contributed by atoms with E-state index in [1.54, 1.807) is 13.1 Å². The molecule has 2 aromatic rings. The smallest absolute Gasteiger partial charge is 0.356 e. The maximum absolute atomic E-state index is 13.3. The van der Waals surface area contributed by atoms with Gasteiger partial charge < -0.3 is 4.74 Å². The minimum absolute atomic E-state index is 0.135. The molecule has 0 aliphatic rings. The Labute approximate surface area is 85.3 Å². The molecular weight excluding hydrogens is 199 g/mol. The number of ether oxygens (including phenoxy) is 1. The summed E-state index contributed by atoms with van der Waals surface area (Å²) in [6.45, 7) is 1.64. The molecule has 15 heavy (non-hydrogen) atoms. The van der Waals surface area contributed by atoms with Gasteiger partial charge in [0.15, 0.2) is 17.2 Å². The van der Waals surface area contributed by atoms with Gasteiger partial charge in [0.1, 0.15) is 0 Å². The Kier molecular flexibility index (Phi) is 2.15. The monoisotopic (exact) mass is 208 g/mol. The number of imidazole rings is 1. The van der Waals surface area contributed by atoms with Crippen LogP contribution in [0.1, 0.15) is 16.2 Å². The number of fused-ring (bicyclic) bond motifs is 1. The van der Waals surface area contributed by atoms with Crippen LogP contribution in [-0.2, 0) is 4.74 Å². The van der Waals surface area contributed by atoms with E-state index in [0.717, 1.165) is 0 Å². The quantitative estimate of drug-likeness (QED) is 0.668. The van der Waals surface area contributed by atoms with Crippen LogP contribution in [0.5, 0.6) is 0 Å². The predicted octanol–water partition coefficient (Wildman–Crippen LogP) is 1.57. The molecule has 0 atom stereocenters. The lowest BCUT2D eigenvalue weighted by Crippen LogP contribution is -2.07. The Balaban J connectivity index is 2.79. The molecule has 0 radical (unpaired) electrons. The first kappa shape index (κ1) is 9.64. The summed E-state index contributed by atoms with van der Waals surface area (Å²) < 4.78 is 19.3. The van der Waals surface area contributed by atoms with E-state index >= 15 is 0 Å². The Morgan fingerprint density at radius 3 is 3.00 bits per heavy atom. The minimum Gasteiger partial charge on any atom is -0.464 e. The van der Waals surface area contributed by atoms with Crippen LogP contribution in [-0.4, -0.2) is 22.5 Å². The third-order valence-electron chi connectivity index (χ3n) is 2.16. The second-order valence-electron chi connectivity index (χ2n) is 3.09. The summed E-state index contributed by atoms with van der Waals surface area (Å²) in [5.41, 5.74) is 0.842. The standard InChI is InChI=1S/C10H9FN2O2/c1-6-8(10(14)15-2)13-5-3-4-7(11)9(13)12-6/h3-5H,1-2H3. The van der Waals surface area contributed by atoms with E-state index in [2.05, 4.69) is 9.72 Å². The van der Waals surface area contributed by atoms with Gasteiger partial charge in [-0.25, -0.2) is 14.2 Å². The van der Waals surface area contributed by atoms with E-state index in [0.29, 0.717) is 5.69 Å². The highest BCUT2D eigenvalue weighted by atomic mass is 19.1. The zero-order chi connectivity index (χ0) is 11.0. The molecule has 0 aliphatic heterocycles. The first-order chi connectivity index (χ1) is 7.15. The molecule has 0 unspecified atom stereocenters. The molecular formula is C10H9FN2O2. The van der Waals surface area contributed by atoms with E-state index in [1.807, 2.05) is 0 Å². The number of pyridine rings is 1. The summed E-state index contributed by atoms with van der Waals surface area (Å²) in [6.07, 6.45) is 1.57. The van der Waals surface area contributed by atoms with E-state index in [9.17, 15) is 9.18 Å². The molecule has 2 rings (SSSR count). The Bertz CT molecular complexity index is 533. The number of methoxy groups -OCH3 is 1. The summed E-state index contributed by atoms with van der Waals surface area (Å²) in [7, 11) is 1.28. The largest absolute Gasteiger partial charge is 0.464 e. The van der Waals surface area contributed by atoms with Crippen molar-refractivity contribution in [1.29, 1.82) is 0 Å². The summed E-state index contributed by atoms with van der Waals surface area (Å²) in [4.78, 5) is 15.4. The fourth-order valence-electron chi connectivity index (χ4n) is 1.49. The van der Waals surface area contributed by atoms with E-state index < -0.39 is 11.8 Å². The lowest BCUT2D eigenvalue weighted by atomic mass is 10.3. The zero-order valence-electron chi connectivity index (χ0n) is 8.32. The second-order valence-corrected chi connectivity index (χ2v) is 3.09. The van der Waals surface area contributed by atoms with E-state index in [4.69, 9.17) is 0 Å². The molecule has 0 amide bonds. The molecule has 4 nitrogen and oxygen atoms in total. The molecule has 0 aliphatic carbocycles. The Morgan fingerprint density at radius 1 is 1.60 bits per heavy atom. The summed E-state index contributed by atoms with van der Waals surface area (Å²) in [6, 6.07) is 2.80. The highest BCUT2D eigenvalue weighted by Crippen LogP contribution is 2.15. The average Bonchev–Trinajstić information content (AvgIpc) is 2.55. The number of halogens is 1. The fraction of sp³-hybridized carbons (Fsp3) is 0.200. The van der Waals surface area contributed by atoms with Crippen molar-refractivity contribution in [2.45, 2.75) is 6.92 Å². The number of aromatic nitrogens is 2. The summed E-state index contributed by atoms with van der Waals surface area (Å²) in [5.74, 6) is -0.985. The number of hydrogen-bond acceptors (Lipinski definition) is 3. The van der Waals surface area contributed by atoms with E-state index in [-0.39, 0.29) is 11.3 Å². The van der Waals surface area contributed by atoms with Gasteiger partial charge in [-0.05, 0) is 19.1 Å². The maximum atomic E-state index is 13.3. The normalized spacial score (nSPS) is 10.6. The molecule has 78 valence electrons. The van der Waals surface area contributed by atoms with Crippen molar-refractivity contribution in [1.82, 2.24) is 9.38 Å². The predicted molar refractivity (Wildman–Crippen MR) is 51.2 cm³/mol. The topological polar surface area (TPSA) is 43.6 Å². The first-order valence-electron chi connectivity index (χ1n) is 4.36. The maximum Gasteiger partial charge on any atom is 0.356 e. The van der Waals surface area contributed by atoms with Gasteiger partial charge in [-0.3, -0.25) is 4.40 Å². The van der Waals surface area contributed by atoms with Gasteiger partial charge >= 0.3 is 5.97 Å². The third kappa shape index (κ3) is 1.36. The number of nitrogens with zero attached hydrogens (tertiary/aromatic N) is 2.